The SMILES string of the molecule is Cc1c(C)n2c3c(=O)n(CCN4CCOCC4)c(=O)n(C)c3nc2n1C(C)c1ccccc1. The summed E-state index contributed by atoms with van der Waals surface area (Å²) >= 11 is 0. The van der Waals surface area contributed by atoms with E-state index in [9.17, 15) is 9.59 Å². The van der Waals surface area contributed by atoms with E-state index < -0.39 is 0 Å². The summed E-state index contributed by atoms with van der Waals surface area (Å²) in [6.07, 6.45) is 0. The fourth-order valence-corrected chi connectivity index (χ4v) is 4.88. The van der Waals surface area contributed by atoms with Crippen molar-refractivity contribution >= 4 is 16.9 Å². The molecule has 3 aromatic heterocycles. The highest BCUT2D eigenvalue weighted by Gasteiger charge is 2.25. The smallest absolute Gasteiger partial charge is 0.332 e. The fourth-order valence-electron chi connectivity index (χ4n) is 4.88. The van der Waals surface area contributed by atoms with Gasteiger partial charge in [-0.15, -0.1) is 0 Å². The molecule has 0 spiro atoms. The third-order valence-corrected chi connectivity index (χ3v) is 6.97. The van der Waals surface area contributed by atoms with Crippen molar-refractivity contribution in [2.75, 3.05) is 32.8 Å². The Bertz CT molecular complexity index is 1440. The van der Waals surface area contributed by atoms with Crippen LogP contribution in [-0.2, 0) is 18.3 Å². The molecule has 1 atom stereocenters. The first-order valence-corrected chi connectivity index (χ1v) is 11.4. The molecular formula is C24H30N6O3. The van der Waals surface area contributed by atoms with Crippen molar-refractivity contribution in [3.63, 3.8) is 0 Å². The van der Waals surface area contributed by atoms with Gasteiger partial charge in [-0.3, -0.25) is 23.2 Å². The highest BCUT2D eigenvalue weighted by atomic mass is 16.5. The maximum absolute atomic E-state index is 13.6. The van der Waals surface area contributed by atoms with E-state index in [4.69, 9.17) is 9.72 Å². The van der Waals surface area contributed by atoms with Gasteiger partial charge in [0.25, 0.3) is 5.56 Å². The van der Waals surface area contributed by atoms with E-state index in [1.165, 1.54) is 9.13 Å². The number of nitrogens with zero attached hydrogens (tertiary/aromatic N) is 6. The number of aryl methyl sites for hydroxylation is 2. The molecule has 0 radical (unpaired) electrons. The normalized spacial score (nSPS) is 16.1. The molecule has 1 unspecified atom stereocenters. The van der Waals surface area contributed by atoms with E-state index in [1.54, 1.807) is 7.05 Å². The van der Waals surface area contributed by atoms with Crippen LogP contribution in [0.2, 0.25) is 0 Å². The molecule has 5 rings (SSSR count). The van der Waals surface area contributed by atoms with Crippen molar-refractivity contribution in [3.8, 4) is 0 Å². The van der Waals surface area contributed by atoms with E-state index in [2.05, 4.69) is 28.5 Å². The second-order valence-corrected chi connectivity index (χ2v) is 8.80. The van der Waals surface area contributed by atoms with Gasteiger partial charge in [-0.05, 0) is 26.3 Å². The number of morpholine rings is 1. The maximum atomic E-state index is 13.6. The fraction of sp³-hybridized carbons (Fsp3) is 0.458. The Morgan fingerprint density at radius 1 is 1.03 bits per heavy atom. The molecule has 0 saturated carbocycles. The molecular weight excluding hydrogens is 420 g/mol. The molecule has 0 amide bonds. The number of benzene rings is 1. The second-order valence-electron chi connectivity index (χ2n) is 8.80. The minimum absolute atomic E-state index is 0.0276. The van der Waals surface area contributed by atoms with Crippen LogP contribution in [0.15, 0.2) is 39.9 Å². The number of hydrogen-bond donors (Lipinski definition) is 0. The average molecular weight is 451 g/mol. The Hall–Kier alpha value is -3.17. The molecule has 9 heteroatoms. The van der Waals surface area contributed by atoms with Crippen molar-refractivity contribution in [3.05, 3.63) is 68.1 Å². The monoisotopic (exact) mass is 450 g/mol. The molecule has 1 aromatic carbocycles. The summed E-state index contributed by atoms with van der Waals surface area (Å²) in [4.78, 5) is 33.7. The minimum Gasteiger partial charge on any atom is -0.379 e. The van der Waals surface area contributed by atoms with E-state index in [0.29, 0.717) is 43.2 Å². The zero-order valence-corrected chi connectivity index (χ0v) is 19.6. The van der Waals surface area contributed by atoms with E-state index in [1.807, 2.05) is 36.4 Å². The van der Waals surface area contributed by atoms with Crippen LogP contribution in [0, 0.1) is 13.8 Å². The van der Waals surface area contributed by atoms with Crippen molar-refractivity contribution in [2.45, 2.75) is 33.4 Å². The highest BCUT2D eigenvalue weighted by Crippen LogP contribution is 2.27. The zero-order valence-electron chi connectivity index (χ0n) is 19.6. The predicted octanol–water partition coefficient (Wildman–Crippen LogP) is 1.71. The summed E-state index contributed by atoms with van der Waals surface area (Å²) in [6.45, 7) is 10.1. The van der Waals surface area contributed by atoms with E-state index >= 15 is 0 Å². The van der Waals surface area contributed by atoms with E-state index in [-0.39, 0.29) is 17.3 Å². The number of fused-ring (bicyclic) bond motifs is 3. The van der Waals surface area contributed by atoms with Crippen LogP contribution in [0.4, 0.5) is 0 Å². The highest BCUT2D eigenvalue weighted by molar-refractivity contribution is 5.76. The standard InChI is InChI=1S/C24H30N6O3/c1-16-17(2)30-20-21(25-23(30)29(16)18(3)19-8-6-5-7-9-19)26(4)24(32)28(22(20)31)11-10-27-12-14-33-15-13-27/h5-9,18H,10-15H2,1-4H3. The lowest BCUT2D eigenvalue weighted by molar-refractivity contribution is 0.0361. The van der Waals surface area contributed by atoms with Crippen LogP contribution >= 0.6 is 0 Å². The zero-order chi connectivity index (χ0) is 23.3. The van der Waals surface area contributed by atoms with Crippen molar-refractivity contribution in [1.82, 2.24) is 28.0 Å². The van der Waals surface area contributed by atoms with Gasteiger partial charge in [0.2, 0.25) is 5.78 Å². The summed E-state index contributed by atoms with van der Waals surface area (Å²) < 4.78 is 12.3. The van der Waals surface area contributed by atoms with Gasteiger partial charge >= 0.3 is 5.69 Å². The van der Waals surface area contributed by atoms with Gasteiger partial charge in [0.05, 0.1) is 19.3 Å². The number of hydrogen-bond acceptors (Lipinski definition) is 5. The Kier molecular flexibility index (Phi) is 5.46. The van der Waals surface area contributed by atoms with Gasteiger partial charge in [-0.2, -0.15) is 4.98 Å². The summed E-state index contributed by atoms with van der Waals surface area (Å²) in [7, 11) is 1.69. The molecule has 4 aromatic rings. The molecule has 33 heavy (non-hydrogen) atoms. The van der Waals surface area contributed by atoms with Gasteiger partial charge < -0.3 is 9.30 Å². The molecule has 0 bridgehead atoms. The summed E-state index contributed by atoms with van der Waals surface area (Å²) in [5.41, 5.74) is 3.39. The quantitative estimate of drug-likeness (QED) is 0.463. The molecule has 174 valence electrons. The van der Waals surface area contributed by atoms with Crippen LogP contribution in [0.25, 0.3) is 16.9 Å². The largest absolute Gasteiger partial charge is 0.379 e. The molecule has 1 aliphatic heterocycles. The lowest BCUT2D eigenvalue weighted by Gasteiger charge is -2.26. The predicted molar refractivity (Wildman–Crippen MR) is 127 cm³/mol. The van der Waals surface area contributed by atoms with Crippen LogP contribution < -0.4 is 11.2 Å². The van der Waals surface area contributed by atoms with Gasteiger partial charge in [0.1, 0.15) is 0 Å². The van der Waals surface area contributed by atoms with Crippen LogP contribution in [0.1, 0.15) is 29.9 Å². The number of rotatable bonds is 5. The van der Waals surface area contributed by atoms with Gasteiger partial charge in [-0.25, -0.2) is 4.79 Å². The first kappa shape index (κ1) is 21.7. The van der Waals surface area contributed by atoms with Gasteiger partial charge in [-0.1, -0.05) is 30.3 Å². The van der Waals surface area contributed by atoms with E-state index in [0.717, 1.165) is 30.0 Å². The molecule has 9 nitrogen and oxygen atoms in total. The Balaban J connectivity index is 1.67. The minimum atomic E-state index is -0.335. The molecule has 1 aliphatic rings. The lowest BCUT2D eigenvalue weighted by Crippen LogP contribution is -2.44. The second kappa shape index (κ2) is 8.31. The first-order valence-electron chi connectivity index (χ1n) is 11.4. The lowest BCUT2D eigenvalue weighted by atomic mass is 10.1. The van der Waals surface area contributed by atoms with Crippen molar-refractivity contribution in [1.29, 1.82) is 0 Å². The third kappa shape index (κ3) is 3.43. The molecule has 0 aliphatic carbocycles. The molecule has 1 fully saturated rings. The maximum Gasteiger partial charge on any atom is 0.332 e. The van der Waals surface area contributed by atoms with Crippen LogP contribution in [0.3, 0.4) is 0 Å². The van der Waals surface area contributed by atoms with Crippen LogP contribution in [-0.4, -0.2) is 60.8 Å². The van der Waals surface area contributed by atoms with Gasteiger partial charge in [0, 0.05) is 44.6 Å². The summed E-state index contributed by atoms with van der Waals surface area (Å²) in [5.74, 6) is 0.675. The molecule has 1 saturated heterocycles. The number of aromatic nitrogens is 5. The number of ether oxygens (including phenoxy) is 1. The molecule has 4 heterocycles. The third-order valence-electron chi connectivity index (χ3n) is 6.97. The molecule has 0 N–H and O–H groups in total. The van der Waals surface area contributed by atoms with Gasteiger partial charge in [0.15, 0.2) is 11.2 Å². The summed E-state index contributed by atoms with van der Waals surface area (Å²) in [5, 5.41) is 0. The average Bonchev–Trinajstić information content (AvgIpc) is 3.33. The first-order chi connectivity index (χ1) is 15.9. The Morgan fingerprint density at radius 3 is 2.42 bits per heavy atom. The number of imidazole rings is 2. The Morgan fingerprint density at radius 2 is 1.73 bits per heavy atom. The summed E-state index contributed by atoms with van der Waals surface area (Å²) in [6, 6.07) is 10.2. The topological polar surface area (TPSA) is 78.7 Å². The van der Waals surface area contributed by atoms with Crippen molar-refractivity contribution in [2.24, 2.45) is 7.05 Å². The van der Waals surface area contributed by atoms with Crippen molar-refractivity contribution < 1.29 is 4.74 Å². The Labute approximate surface area is 191 Å². The van der Waals surface area contributed by atoms with Crippen LogP contribution in [0.5, 0.6) is 0 Å².